The van der Waals surface area contributed by atoms with Crippen LogP contribution in [0.1, 0.15) is 17.4 Å². The van der Waals surface area contributed by atoms with Crippen LogP contribution in [0, 0.1) is 18.3 Å². The Morgan fingerprint density at radius 1 is 1.48 bits per heavy atom. The SMILES string of the molecule is CO[C@@H]1[C@@H](n2cc(-c3nc(C)c(Cl)s3)nn2)[C@@H](O)[C@@H](CO)O[C@@H]1Sc1cc(Br)cnc1C#N. The second-order valence-electron chi connectivity index (χ2n) is 7.10. The predicted octanol–water partition coefficient (Wildman–Crippen LogP) is 2.82. The average molecular weight is 574 g/mol. The molecule has 14 heteroatoms. The fourth-order valence-corrected chi connectivity index (χ4v) is 6.18. The molecule has 0 saturated carbocycles. The van der Waals surface area contributed by atoms with E-state index in [1.165, 1.54) is 41.1 Å². The van der Waals surface area contributed by atoms with E-state index in [-0.39, 0.29) is 5.69 Å². The minimum atomic E-state index is -1.14. The van der Waals surface area contributed by atoms with Crippen molar-refractivity contribution in [2.24, 2.45) is 0 Å². The smallest absolute Gasteiger partial charge is 0.154 e. The van der Waals surface area contributed by atoms with Crippen LogP contribution in [0.3, 0.4) is 0 Å². The van der Waals surface area contributed by atoms with Crippen molar-refractivity contribution < 1.29 is 19.7 Å². The molecule has 10 nitrogen and oxygen atoms in total. The van der Waals surface area contributed by atoms with Crippen LogP contribution in [0.4, 0.5) is 0 Å². The molecule has 3 aromatic rings. The van der Waals surface area contributed by atoms with Crippen molar-refractivity contribution in [3.05, 3.63) is 38.7 Å². The van der Waals surface area contributed by atoms with Crippen molar-refractivity contribution in [2.45, 2.75) is 41.6 Å². The molecule has 0 unspecified atom stereocenters. The highest BCUT2D eigenvalue weighted by atomic mass is 79.9. The van der Waals surface area contributed by atoms with E-state index < -0.39 is 36.4 Å². The third-order valence-electron chi connectivity index (χ3n) is 5.04. The van der Waals surface area contributed by atoms with Crippen LogP contribution in [-0.2, 0) is 9.47 Å². The van der Waals surface area contributed by atoms with Crippen molar-refractivity contribution >= 4 is 50.6 Å². The Morgan fingerprint density at radius 3 is 2.91 bits per heavy atom. The Morgan fingerprint density at radius 2 is 2.27 bits per heavy atom. The van der Waals surface area contributed by atoms with Gasteiger partial charge in [0, 0.05) is 22.7 Å². The molecule has 174 valence electrons. The Kier molecular flexibility index (Phi) is 7.66. The van der Waals surface area contributed by atoms with E-state index in [9.17, 15) is 15.5 Å². The third kappa shape index (κ3) is 4.94. The quantitative estimate of drug-likeness (QED) is 0.452. The number of aliphatic hydroxyl groups is 2. The van der Waals surface area contributed by atoms with Crippen LogP contribution in [0.25, 0.3) is 10.7 Å². The zero-order valence-corrected chi connectivity index (χ0v) is 21.3. The van der Waals surface area contributed by atoms with E-state index in [0.717, 1.165) is 0 Å². The number of aryl methyl sites for hydroxylation is 1. The lowest BCUT2D eigenvalue weighted by Gasteiger charge is -2.43. The molecule has 5 atom stereocenters. The van der Waals surface area contributed by atoms with E-state index in [0.29, 0.717) is 30.1 Å². The van der Waals surface area contributed by atoms with E-state index in [4.69, 9.17) is 21.1 Å². The molecule has 0 amide bonds. The average Bonchev–Trinajstić information content (AvgIpc) is 3.41. The van der Waals surface area contributed by atoms with Crippen molar-refractivity contribution in [1.29, 1.82) is 5.26 Å². The molecule has 0 spiro atoms. The maximum atomic E-state index is 11.0. The Hall–Kier alpha value is -1.63. The molecule has 1 aliphatic heterocycles. The van der Waals surface area contributed by atoms with Gasteiger partial charge in [-0.15, -0.1) is 5.10 Å². The monoisotopic (exact) mass is 572 g/mol. The molecule has 0 aliphatic carbocycles. The molecule has 3 aromatic heterocycles. The number of nitrogens with zero attached hydrogens (tertiary/aromatic N) is 6. The van der Waals surface area contributed by atoms with Gasteiger partial charge < -0.3 is 19.7 Å². The summed E-state index contributed by atoms with van der Waals surface area (Å²) < 4.78 is 14.4. The molecule has 2 N–H and O–H groups in total. The predicted molar refractivity (Wildman–Crippen MR) is 125 cm³/mol. The summed E-state index contributed by atoms with van der Waals surface area (Å²) >= 11 is 12.0. The second kappa shape index (κ2) is 10.3. The summed E-state index contributed by atoms with van der Waals surface area (Å²) in [6.07, 6.45) is 0.439. The zero-order chi connectivity index (χ0) is 23.7. The first kappa shape index (κ1) is 24.5. The van der Waals surface area contributed by atoms with Gasteiger partial charge in [0.1, 0.15) is 50.9 Å². The number of aromatic nitrogens is 5. The molecule has 1 aliphatic rings. The number of thiazole rings is 1. The van der Waals surface area contributed by atoms with Crippen LogP contribution in [0.2, 0.25) is 4.34 Å². The topological polar surface area (TPSA) is 139 Å². The number of rotatable bonds is 6. The highest BCUT2D eigenvalue weighted by Crippen LogP contribution is 2.41. The van der Waals surface area contributed by atoms with Crippen molar-refractivity contribution in [3.63, 3.8) is 0 Å². The first-order valence-corrected chi connectivity index (χ1v) is 12.5. The number of nitriles is 1. The number of pyridine rings is 1. The van der Waals surface area contributed by atoms with Gasteiger partial charge >= 0.3 is 0 Å². The van der Waals surface area contributed by atoms with Crippen LogP contribution in [0.15, 0.2) is 27.8 Å². The lowest BCUT2D eigenvalue weighted by Crippen LogP contribution is -2.55. The lowest BCUT2D eigenvalue weighted by molar-refractivity contribution is -0.186. The van der Waals surface area contributed by atoms with Gasteiger partial charge in [-0.3, -0.25) is 0 Å². The third-order valence-corrected chi connectivity index (χ3v) is 8.12. The lowest BCUT2D eigenvalue weighted by atomic mass is 9.97. The van der Waals surface area contributed by atoms with Crippen molar-refractivity contribution in [2.75, 3.05) is 13.7 Å². The molecular formula is C19H18BrClN6O4S2. The normalized spacial score (nSPS) is 25.2. The van der Waals surface area contributed by atoms with Crippen molar-refractivity contribution in [3.8, 4) is 16.8 Å². The van der Waals surface area contributed by atoms with Gasteiger partial charge in [-0.25, -0.2) is 14.6 Å². The van der Waals surface area contributed by atoms with Gasteiger partial charge in [-0.1, -0.05) is 39.9 Å². The molecule has 33 heavy (non-hydrogen) atoms. The molecule has 0 radical (unpaired) electrons. The van der Waals surface area contributed by atoms with Gasteiger partial charge in [-0.2, -0.15) is 5.26 Å². The summed E-state index contributed by atoms with van der Waals surface area (Å²) in [5.74, 6) is 0. The fourth-order valence-electron chi connectivity index (χ4n) is 3.44. The summed E-state index contributed by atoms with van der Waals surface area (Å²) in [5.41, 5.74) is 0.730. The van der Waals surface area contributed by atoms with E-state index >= 15 is 0 Å². The summed E-state index contributed by atoms with van der Waals surface area (Å²) in [5, 5.41) is 39.2. The van der Waals surface area contributed by atoms with Gasteiger partial charge in [0.15, 0.2) is 5.69 Å². The van der Waals surface area contributed by atoms with Crippen LogP contribution in [0.5, 0.6) is 0 Å². The highest BCUT2D eigenvalue weighted by Gasteiger charge is 2.47. The summed E-state index contributed by atoms with van der Waals surface area (Å²) in [6, 6.07) is 3.08. The standard InChI is InChI=1S/C19H18BrClN6O4S2/c1-8-17(21)33-18(24-8)11-6-27(26-25-11)14-15(29)12(7-28)31-19(16(14)30-2)32-13-3-9(20)5-23-10(13)4-22/h3,5-6,12,14-16,19,28-29H,7H2,1-2H3/t12-,14+,15+,16-,19-/m1/s1. The molecule has 0 aromatic carbocycles. The Bertz CT molecular complexity index is 1170. The van der Waals surface area contributed by atoms with Crippen LogP contribution < -0.4 is 0 Å². The highest BCUT2D eigenvalue weighted by molar-refractivity contribution is 9.10. The minimum Gasteiger partial charge on any atom is -0.394 e. The number of ether oxygens (including phenoxy) is 2. The molecule has 0 bridgehead atoms. The number of hydrogen-bond acceptors (Lipinski definition) is 11. The summed E-state index contributed by atoms with van der Waals surface area (Å²) in [4.78, 5) is 9.08. The maximum Gasteiger partial charge on any atom is 0.154 e. The fraction of sp³-hybridized carbons (Fsp3) is 0.421. The van der Waals surface area contributed by atoms with E-state index in [1.807, 2.05) is 0 Å². The van der Waals surface area contributed by atoms with Gasteiger partial charge in [0.05, 0.1) is 18.5 Å². The van der Waals surface area contributed by atoms with Crippen LogP contribution in [-0.4, -0.2) is 72.6 Å². The number of methoxy groups -OCH3 is 1. The number of halogens is 2. The first-order chi connectivity index (χ1) is 15.9. The van der Waals surface area contributed by atoms with Crippen molar-refractivity contribution in [1.82, 2.24) is 25.0 Å². The van der Waals surface area contributed by atoms with E-state index in [1.54, 1.807) is 19.2 Å². The minimum absolute atomic E-state index is 0.226. The first-order valence-electron chi connectivity index (χ1n) is 9.60. The van der Waals surface area contributed by atoms with E-state index in [2.05, 4.69) is 42.3 Å². The number of aliphatic hydroxyl groups excluding tert-OH is 2. The molecule has 1 fully saturated rings. The number of hydrogen-bond donors (Lipinski definition) is 2. The maximum absolute atomic E-state index is 11.0. The second-order valence-corrected chi connectivity index (χ2v) is 10.8. The van der Waals surface area contributed by atoms with Gasteiger partial charge in [0.25, 0.3) is 0 Å². The summed E-state index contributed by atoms with van der Waals surface area (Å²) in [6.45, 7) is 1.38. The molecule has 1 saturated heterocycles. The van der Waals surface area contributed by atoms with Gasteiger partial charge in [-0.05, 0) is 28.9 Å². The van der Waals surface area contributed by atoms with Gasteiger partial charge in [0.2, 0.25) is 0 Å². The Labute approximate surface area is 210 Å². The zero-order valence-electron chi connectivity index (χ0n) is 17.3. The largest absolute Gasteiger partial charge is 0.394 e. The molecule has 4 rings (SSSR count). The Balaban J connectivity index is 1.68. The summed E-state index contributed by atoms with van der Waals surface area (Å²) in [7, 11) is 1.49. The number of thioether (sulfide) groups is 1. The molecule has 4 heterocycles. The molecular weight excluding hydrogens is 556 g/mol. The van der Waals surface area contributed by atoms with Crippen LogP contribution >= 0.6 is 50.6 Å².